The zero-order valence-corrected chi connectivity index (χ0v) is 11.4. The summed E-state index contributed by atoms with van der Waals surface area (Å²) in [4.78, 5) is 23.1. The van der Waals surface area contributed by atoms with Crippen LogP contribution in [0, 0.1) is 17.7 Å². The first-order chi connectivity index (χ1) is 10.0. The molecule has 0 heterocycles. The molecule has 2 bridgehead atoms. The summed E-state index contributed by atoms with van der Waals surface area (Å²) in [5.41, 5.74) is -0.150. The van der Waals surface area contributed by atoms with Crippen molar-refractivity contribution in [3.63, 3.8) is 0 Å². The molecule has 0 aliphatic heterocycles. The number of halogens is 1. The minimum Gasteiger partial charge on any atom is -0.478 e. The molecule has 2 saturated carbocycles. The molecule has 6 heteroatoms. The third kappa shape index (κ3) is 2.84. The quantitative estimate of drug-likeness (QED) is 0.801. The lowest BCUT2D eigenvalue weighted by atomic mass is 9.95. The van der Waals surface area contributed by atoms with Crippen LogP contribution in [0.25, 0.3) is 0 Å². The minimum atomic E-state index is -1.20. The molecule has 112 valence electrons. The van der Waals surface area contributed by atoms with Crippen LogP contribution in [-0.2, 0) is 0 Å². The highest BCUT2D eigenvalue weighted by Crippen LogP contribution is 2.44. The molecule has 3 rings (SSSR count). The number of hydrogen-bond acceptors (Lipinski definition) is 2. The van der Waals surface area contributed by atoms with Crippen LogP contribution >= 0.6 is 0 Å². The Morgan fingerprint density at radius 2 is 2.05 bits per heavy atom. The van der Waals surface area contributed by atoms with E-state index in [4.69, 9.17) is 5.11 Å². The van der Waals surface area contributed by atoms with Crippen LogP contribution in [0.15, 0.2) is 18.2 Å². The molecule has 1 aromatic carbocycles. The Balaban J connectivity index is 1.67. The Morgan fingerprint density at radius 1 is 1.24 bits per heavy atom. The van der Waals surface area contributed by atoms with Crippen LogP contribution in [0.1, 0.15) is 36.0 Å². The zero-order chi connectivity index (χ0) is 15.0. The largest absolute Gasteiger partial charge is 0.478 e. The topological polar surface area (TPSA) is 78.4 Å². The molecular weight excluding hydrogens is 275 g/mol. The van der Waals surface area contributed by atoms with Crippen LogP contribution in [0.4, 0.5) is 14.9 Å². The fourth-order valence-electron chi connectivity index (χ4n) is 3.55. The van der Waals surface area contributed by atoms with Gasteiger partial charge in [-0.3, -0.25) is 0 Å². The fraction of sp³-hybridized carbons (Fsp3) is 0.467. The van der Waals surface area contributed by atoms with Crippen molar-refractivity contribution >= 4 is 17.7 Å². The van der Waals surface area contributed by atoms with E-state index < -0.39 is 17.8 Å². The van der Waals surface area contributed by atoms with Gasteiger partial charge in [-0.15, -0.1) is 0 Å². The smallest absolute Gasteiger partial charge is 0.337 e. The van der Waals surface area contributed by atoms with Gasteiger partial charge in [0.05, 0.1) is 11.3 Å². The number of anilines is 1. The summed E-state index contributed by atoms with van der Waals surface area (Å²) in [6, 6.07) is 2.89. The van der Waals surface area contributed by atoms with E-state index in [9.17, 15) is 14.0 Å². The molecule has 21 heavy (non-hydrogen) atoms. The molecule has 1 aromatic rings. The SMILES string of the molecule is O=C(Nc1cc(F)ccc1C(=O)O)NC1CC2CCC1C2. The first kappa shape index (κ1) is 13.9. The number of benzene rings is 1. The van der Waals surface area contributed by atoms with Crippen LogP contribution in [0.2, 0.25) is 0 Å². The van der Waals surface area contributed by atoms with E-state index in [2.05, 4.69) is 10.6 Å². The van der Waals surface area contributed by atoms with Gasteiger partial charge in [-0.25, -0.2) is 14.0 Å². The Bertz CT molecular complexity index is 590. The molecule has 0 saturated heterocycles. The van der Waals surface area contributed by atoms with Gasteiger partial charge in [-0.05, 0) is 49.3 Å². The van der Waals surface area contributed by atoms with Crippen LogP contribution in [0.3, 0.4) is 0 Å². The standard InChI is InChI=1S/C15H17FN2O3/c16-10-3-4-11(14(19)20)13(7-10)18-15(21)17-12-6-8-1-2-9(12)5-8/h3-4,7-9,12H,1-2,5-6H2,(H,19,20)(H2,17,18,21). The van der Waals surface area contributed by atoms with Crippen molar-refractivity contribution in [1.82, 2.24) is 5.32 Å². The van der Waals surface area contributed by atoms with Crippen molar-refractivity contribution in [3.05, 3.63) is 29.6 Å². The highest BCUT2D eigenvalue weighted by Gasteiger charge is 2.40. The van der Waals surface area contributed by atoms with Gasteiger partial charge in [-0.2, -0.15) is 0 Å². The van der Waals surface area contributed by atoms with Gasteiger partial charge in [-0.1, -0.05) is 6.42 Å². The van der Waals surface area contributed by atoms with Crippen molar-refractivity contribution in [2.24, 2.45) is 11.8 Å². The highest BCUT2D eigenvalue weighted by atomic mass is 19.1. The Kier molecular flexibility index (Phi) is 3.53. The predicted octanol–water partition coefficient (Wildman–Crippen LogP) is 2.83. The lowest BCUT2D eigenvalue weighted by Crippen LogP contribution is -2.41. The first-order valence-corrected chi connectivity index (χ1v) is 7.13. The normalized spacial score (nSPS) is 26.6. The molecule has 3 atom stereocenters. The summed E-state index contributed by atoms with van der Waals surface area (Å²) in [5, 5.41) is 14.4. The summed E-state index contributed by atoms with van der Waals surface area (Å²) >= 11 is 0. The van der Waals surface area contributed by atoms with Crippen molar-refractivity contribution < 1.29 is 19.1 Å². The van der Waals surface area contributed by atoms with Gasteiger partial charge in [0, 0.05) is 6.04 Å². The summed E-state index contributed by atoms with van der Waals surface area (Å²) in [5.74, 6) is -0.572. The molecule has 0 radical (unpaired) electrons. The van der Waals surface area contributed by atoms with E-state index in [1.54, 1.807) is 0 Å². The maximum absolute atomic E-state index is 13.2. The van der Waals surface area contributed by atoms with Crippen molar-refractivity contribution in [1.29, 1.82) is 0 Å². The number of carboxylic acids is 1. The van der Waals surface area contributed by atoms with E-state index in [0.29, 0.717) is 11.8 Å². The fourth-order valence-corrected chi connectivity index (χ4v) is 3.55. The van der Waals surface area contributed by atoms with Gasteiger partial charge in [0.25, 0.3) is 0 Å². The maximum atomic E-state index is 13.2. The van der Waals surface area contributed by atoms with E-state index in [1.165, 1.54) is 6.42 Å². The van der Waals surface area contributed by atoms with Gasteiger partial charge in [0.2, 0.25) is 0 Å². The molecule has 0 aromatic heterocycles. The first-order valence-electron chi connectivity index (χ1n) is 7.13. The lowest BCUT2D eigenvalue weighted by Gasteiger charge is -2.23. The number of carbonyl (C=O) groups excluding carboxylic acids is 1. The Labute approximate surface area is 121 Å². The molecule has 2 amide bonds. The molecule has 5 nitrogen and oxygen atoms in total. The number of nitrogens with one attached hydrogen (secondary N) is 2. The van der Waals surface area contributed by atoms with Gasteiger partial charge >= 0.3 is 12.0 Å². The Hall–Kier alpha value is -2.11. The van der Waals surface area contributed by atoms with Crippen LogP contribution < -0.4 is 10.6 Å². The highest BCUT2D eigenvalue weighted by molar-refractivity contribution is 6.00. The van der Waals surface area contributed by atoms with Crippen molar-refractivity contribution in [3.8, 4) is 0 Å². The van der Waals surface area contributed by atoms with Crippen LogP contribution in [0.5, 0.6) is 0 Å². The summed E-state index contributed by atoms with van der Waals surface area (Å²) in [6.45, 7) is 0. The minimum absolute atomic E-state index is 0.0249. The summed E-state index contributed by atoms with van der Waals surface area (Å²) in [7, 11) is 0. The summed E-state index contributed by atoms with van der Waals surface area (Å²) < 4.78 is 13.2. The molecule has 0 spiro atoms. The van der Waals surface area contributed by atoms with E-state index in [0.717, 1.165) is 37.5 Å². The zero-order valence-electron chi connectivity index (χ0n) is 11.4. The molecule has 2 aliphatic rings. The monoisotopic (exact) mass is 292 g/mol. The van der Waals surface area contributed by atoms with Gasteiger partial charge in [0.15, 0.2) is 0 Å². The van der Waals surface area contributed by atoms with Gasteiger partial charge < -0.3 is 15.7 Å². The number of amides is 2. The predicted molar refractivity (Wildman–Crippen MR) is 74.7 cm³/mol. The molecule has 3 unspecified atom stereocenters. The van der Waals surface area contributed by atoms with Crippen LogP contribution in [-0.4, -0.2) is 23.1 Å². The number of fused-ring (bicyclic) bond motifs is 2. The number of rotatable bonds is 3. The maximum Gasteiger partial charge on any atom is 0.337 e. The van der Waals surface area contributed by atoms with Crippen molar-refractivity contribution in [2.75, 3.05) is 5.32 Å². The average Bonchev–Trinajstić information content (AvgIpc) is 3.00. The van der Waals surface area contributed by atoms with Gasteiger partial charge in [0.1, 0.15) is 5.82 Å². The number of carboxylic acid groups (broad SMARTS) is 1. The third-order valence-electron chi connectivity index (χ3n) is 4.51. The summed E-state index contributed by atoms with van der Waals surface area (Å²) in [6.07, 6.45) is 4.51. The second-order valence-electron chi connectivity index (χ2n) is 5.87. The second kappa shape index (κ2) is 5.35. The lowest BCUT2D eigenvalue weighted by molar-refractivity contribution is 0.0698. The van der Waals surface area contributed by atoms with Crippen molar-refractivity contribution in [2.45, 2.75) is 31.7 Å². The Morgan fingerprint density at radius 3 is 2.67 bits per heavy atom. The number of urea groups is 1. The third-order valence-corrected chi connectivity index (χ3v) is 4.51. The number of aromatic carboxylic acids is 1. The van der Waals surface area contributed by atoms with E-state index in [1.807, 2.05) is 0 Å². The molecule has 2 aliphatic carbocycles. The molecular formula is C15H17FN2O3. The van der Waals surface area contributed by atoms with E-state index in [-0.39, 0.29) is 17.3 Å². The number of carbonyl (C=O) groups is 2. The molecule has 2 fully saturated rings. The average molecular weight is 292 g/mol. The number of hydrogen-bond donors (Lipinski definition) is 3. The van der Waals surface area contributed by atoms with E-state index >= 15 is 0 Å². The second-order valence-corrected chi connectivity index (χ2v) is 5.87. The molecule has 3 N–H and O–H groups in total.